The number of non-ortho nitro benzene ring substituents is 2. The highest BCUT2D eigenvalue weighted by molar-refractivity contribution is 7.07. The molecule has 0 aliphatic carbocycles. The molecule has 0 bridgehead atoms. The van der Waals surface area contributed by atoms with E-state index in [4.69, 9.17) is 20.8 Å². The molecule has 3 heterocycles. The Morgan fingerprint density at radius 3 is 2.46 bits per heavy atom. The number of hydrogen-bond donors (Lipinski definition) is 0. The third kappa shape index (κ3) is 5.19. The molecule has 1 atom stereocenters. The Bertz CT molecular complexity index is 1940. The Morgan fingerprint density at radius 1 is 1.12 bits per heavy atom. The highest BCUT2D eigenvalue weighted by atomic mass is 35.5. The number of esters is 1. The molecule has 1 aliphatic rings. The van der Waals surface area contributed by atoms with Gasteiger partial charge in [-0.25, -0.2) is 9.79 Å². The number of aromatic nitrogens is 1. The van der Waals surface area contributed by atoms with Crippen LogP contribution in [0.1, 0.15) is 31.2 Å². The van der Waals surface area contributed by atoms with Crippen molar-refractivity contribution in [2.45, 2.75) is 19.9 Å². The summed E-state index contributed by atoms with van der Waals surface area (Å²) in [5, 5.41) is 22.5. The summed E-state index contributed by atoms with van der Waals surface area (Å²) in [5.41, 5.74) is 0.476. The molecule has 1 aliphatic heterocycles. The van der Waals surface area contributed by atoms with Crippen LogP contribution in [0, 0.1) is 20.2 Å². The summed E-state index contributed by atoms with van der Waals surface area (Å²) in [6.07, 6.45) is 1.57. The number of carbonyl (C=O) groups excluding carboxylic acids is 1. The fraction of sp³-hybridized carbons (Fsp3) is 0.148. The van der Waals surface area contributed by atoms with Gasteiger partial charge in [0.1, 0.15) is 17.6 Å². The summed E-state index contributed by atoms with van der Waals surface area (Å²) in [4.78, 5) is 52.8. The van der Waals surface area contributed by atoms with Gasteiger partial charge in [-0.2, -0.15) is 0 Å². The number of fused-ring (bicyclic) bond motifs is 1. The molecular formula is C27H19ClN4O8S. The molecule has 4 aromatic rings. The molecule has 0 N–H and O–H groups in total. The third-order valence-electron chi connectivity index (χ3n) is 6.24. The van der Waals surface area contributed by atoms with Crippen molar-refractivity contribution in [3.63, 3.8) is 0 Å². The van der Waals surface area contributed by atoms with Gasteiger partial charge in [-0.05, 0) is 55.8 Å². The molecule has 2 aromatic heterocycles. The Morgan fingerprint density at radius 2 is 1.80 bits per heavy atom. The number of furan rings is 1. The Hall–Kier alpha value is -4.88. The van der Waals surface area contributed by atoms with E-state index in [1.165, 1.54) is 47.0 Å². The number of ether oxygens (including phenoxy) is 1. The van der Waals surface area contributed by atoms with Gasteiger partial charge in [-0.15, -0.1) is 0 Å². The highest BCUT2D eigenvalue weighted by Gasteiger charge is 2.35. The Labute approximate surface area is 239 Å². The summed E-state index contributed by atoms with van der Waals surface area (Å²) in [6.45, 7) is 3.35. The van der Waals surface area contributed by atoms with Crippen molar-refractivity contribution < 1.29 is 23.8 Å². The lowest BCUT2D eigenvalue weighted by Gasteiger charge is -2.22. The number of nitrogens with zero attached hydrogens (tertiary/aromatic N) is 4. The van der Waals surface area contributed by atoms with Crippen LogP contribution in [0.15, 0.2) is 80.1 Å². The van der Waals surface area contributed by atoms with E-state index in [9.17, 15) is 29.8 Å². The van der Waals surface area contributed by atoms with E-state index in [0.29, 0.717) is 16.1 Å². The predicted molar refractivity (Wildman–Crippen MR) is 149 cm³/mol. The summed E-state index contributed by atoms with van der Waals surface area (Å²) in [6, 6.07) is 11.7. The molecule has 208 valence electrons. The molecule has 12 nitrogen and oxygen atoms in total. The molecule has 2 aromatic carbocycles. The predicted octanol–water partition coefficient (Wildman–Crippen LogP) is 4.53. The van der Waals surface area contributed by atoms with Crippen LogP contribution in [-0.2, 0) is 9.53 Å². The number of nitro benzene ring substituents is 2. The zero-order chi connectivity index (χ0) is 29.4. The molecule has 0 spiro atoms. The van der Waals surface area contributed by atoms with Crippen molar-refractivity contribution in [3.05, 3.63) is 122 Å². The van der Waals surface area contributed by atoms with Crippen molar-refractivity contribution in [2.24, 2.45) is 4.99 Å². The number of hydrogen-bond acceptors (Lipinski definition) is 10. The van der Waals surface area contributed by atoms with Crippen LogP contribution in [0.4, 0.5) is 11.4 Å². The van der Waals surface area contributed by atoms with Gasteiger partial charge in [-0.3, -0.25) is 29.6 Å². The molecule has 5 rings (SSSR count). The smallest absolute Gasteiger partial charge is 0.338 e. The van der Waals surface area contributed by atoms with E-state index in [1.807, 2.05) is 0 Å². The normalized spacial score (nSPS) is 14.9. The largest absolute Gasteiger partial charge is 0.463 e. The number of benzene rings is 2. The van der Waals surface area contributed by atoms with Gasteiger partial charge in [0.25, 0.3) is 16.9 Å². The summed E-state index contributed by atoms with van der Waals surface area (Å²) < 4.78 is 13.0. The average Bonchev–Trinajstić information content (AvgIpc) is 3.53. The minimum Gasteiger partial charge on any atom is -0.463 e. The number of carbonyl (C=O) groups is 1. The zero-order valence-electron chi connectivity index (χ0n) is 21.4. The lowest BCUT2D eigenvalue weighted by atomic mass is 10.0. The highest BCUT2D eigenvalue weighted by Crippen LogP contribution is 2.37. The van der Waals surface area contributed by atoms with Crippen LogP contribution in [0.3, 0.4) is 0 Å². The fourth-order valence-electron chi connectivity index (χ4n) is 4.36. The standard InChI is InChI=1S/C27H19ClN4O8S/c1-3-39-26(34)23-14(2)29-27-30(25(33)22(41-27)12-15-4-6-16(7-5-15)31(35)36)24(23)21-11-10-20(40-21)18-13-17(32(37)38)8-9-19(18)28/h4-13,24H,3H2,1-2H3/b22-12-/t24-/m0/s1. The topological polar surface area (TPSA) is 160 Å². The van der Waals surface area contributed by atoms with Gasteiger partial charge in [0.15, 0.2) is 4.80 Å². The number of halogens is 1. The number of thiazole rings is 1. The second kappa shape index (κ2) is 10.9. The lowest BCUT2D eigenvalue weighted by Crippen LogP contribution is -2.39. The van der Waals surface area contributed by atoms with Crippen LogP contribution in [0.25, 0.3) is 17.4 Å². The lowest BCUT2D eigenvalue weighted by molar-refractivity contribution is -0.385. The molecule has 0 unspecified atom stereocenters. The van der Waals surface area contributed by atoms with Crippen LogP contribution >= 0.6 is 22.9 Å². The quantitative estimate of drug-likeness (QED) is 0.171. The van der Waals surface area contributed by atoms with Gasteiger partial charge < -0.3 is 9.15 Å². The van der Waals surface area contributed by atoms with Crippen molar-refractivity contribution in [1.82, 2.24) is 4.57 Å². The maximum absolute atomic E-state index is 13.7. The van der Waals surface area contributed by atoms with Crippen molar-refractivity contribution in [1.29, 1.82) is 0 Å². The summed E-state index contributed by atoms with van der Waals surface area (Å²) in [7, 11) is 0. The Kier molecular flexibility index (Phi) is 7.39. The summed E-state index contributed by atoms with van der Waals surface area (Å²) in [5.74, 6) is -0.308. The van der Waals surface area contributed by atoms with Gasteiger partial charge in [0, 0.05) is 29.8 Å². The van der Waals surface area contributed by atoms with Crippen LogP contribution in [-0.4, -0.2) is 27.0 Å². The molecule has 0 amide bonds. The van der Waals surface area contributed by atoms with Gasteiger partial charge >= 0.3 is 5.97 Å². The van der Waals surface area contributed by atoms with Crippen molar-refractivity contribution >= 4 is 46.4 Å². The first kappa shape index (κ1) is 27.7. The van der Waals surface area contributed by atoms with E-state index in [0.717, 1.165) is 11.3 Å². The number of allylic oxidation sites excluding steroid dienone is 1. The van der Waals surface area contributed by atoms with E-state index < -0.39 is 27.4 Å². The van der Waals surface area contributed by atoms with Crippen LogP contribution in [0.2, 0.25) is 5.02 Å². The first-order valence-electron chi connectivity index (χ1n) is 12.1. The third-order valence-corrected chi connectivity index (χ3v) is 7.55. The van der Waals surface area contributed by atoms with Crippen LogP contribution in [0.5, 0.6) is 0 Å². The van der Waals surface area contributed by atoms with Crippen LogP contribution < -0.4 is 14.9 Å². The number of rotatable bonds is 7. The van der Waals surface area contributed by atoms with E-state index in [-0.39, 0.29) is 50.2 Å². The summed E-state index contributed by atoms with van der Waals surface area (Å²) >= 11 is 7.39. The maximum atomic E-state index is 13.7. The average molecular weight is 595 g/mol. The van der Waals surface area contributed by atoms with Gasteiger partial charge in [-0.1, -0.05) is 22.9 Å². The second-order valence-corrected chi connectivity index (χ2v) is 10.2. The maximum Gasteiger partial charge on any atom is 0.338 e. The van der Waals surface area contributed by atoms with E-state index in [1.54, 1.807) is 32.1 Å². The number of nitro groups is 2. The minimum absolute atomic E-state index is 0.0829. The molecular weight excluding hydrogens is 576 g/mol. The zero-order valence-corrected chi connectivity index (χ0v) is 23.0. The van der Waals surface area contributed by atoms with Gasteiger partial charge in [0.05, 0.1) is 37.3 Å². The molecule has 41 heavy (non-hydrogen) atoms. The SMILES string of the molecule is CCOC(=O)C1=C(C)N=c2s/c(=C\c3ccc([N+](=O)[O-])cc3)c(=O)n2[C@H]1c1ccc(-c2cc([N+](=O)[O-])ccc2Cl)o1. The fourth-order valence-corrected chi connectivity index (χ4v) is 5.62. The van der Waals surface area contributed by atoms with E-state index >= 15 is 0 Å². The monoisotopic (exact) mass is 594 g/mol. The first-order chi connectivity index (χ1) is 19.6. The van der Waals surface area contributed by atoms with Crippen molar-refractivity contribution in [3.8, 4) is 11.3 Å². The molecule has 0 saturated carbocycles. The molecule has 0 saturated heterocycles. The minimum atomic E-state index is -1.06. The van der Waals surface area contributed by atoms with Crippen molar-refractivity contribution in [2.75, 3.05) is 6.61 Å². The van der Waals surface area contributed by atoms with E-state index in [2.05, 4.69) is 4.99 Å². The molecule has 0 radical (unpaired) electrons. The Balaban J connectivity index is 1.67. The molecule has 0 fully saturated rings. The van der Waals surface area contributed by atoms with Gasteiger partial charge in [0.2, 0.25) is 0 Å². The first-order valence-corrected chi connectivity index (χ1v) is 13.3. The second-order valence-electron chi connectivity index (χ2n) is 8.77. The molecule has 14 heteroatoms.